The van der Waals surface area contributed by atoms with Gasteiger partial charge >= 0.3 is 12.4 Å². The van der Waals surface area contributed by atoms with E-state index in [0.717, 1.165) is 12.1 Å². The van der Waals surface area contributed by atoms with Gasteiger partial charge in [-0.1, -0.05) is 53.5 Å². The minimum absolute atomic E-state index is 0.211. The summed E-state index contributed by atoms with van der Waals surface area (Å²) in [4.78, 5) is 12.8. The lowest BCUT2D eigenvalue weighted by Crippen LogP contribution is -2.35. The van der Waals surface area contributed by atoms with Gasteiger partial charge in [-0.25, -0.2) is 4.68 Å². The standard InChI is InChI=1S/C21H14Cl2F6N4O/c22-12-7-6-11(20(24,25)26)8-14(12)31-19(34)17-16(23)18-30-13(10-4-2-1-3-5-10)9-15(21(27,28)29)33(18)32-17/h1-8,13,15,30H,9H2,(H,31,34). The first-order chi connectivity index (χ1) is 15.9. The molecule has 2 aromatic carbocycles. The molecule has 180 valence electrons. The van der Waals surface area contributed by atoms with Crippen molar-refractivity contribution in [2.45, 2.75) is 30.9 Å². The predicted molar refractivity (Wildman–Crippen MR) is 114 cm³/mol. The maximum atomic E-state index is 13.9. The molecule has 0 radical (unpaired) electrons. The molecule has 2 atom stereocenters. The monoisotopic (exact) mass is 522 g/mol. The van der Waals surface area contributed by atoms with E-state index in [2.05, 4.69) is 15.7 Å². The summed E-state index contributed by atoms with van der Waals surface area (Å²) in [5.41, 5.74) is -1.50. The molecule has 2 heterocycles. The normalized spacial score (nSPS) is 18.2. The number of hydrogen-bond donors (Lipinski definition) is 2. The van der Waals surface area contributed by atoms with Crippen LogP contribution in [0.15, 0.2) is 48.5 Å². The largest absolute Gasteiger partial charge is 0.416 e. The van der Waals surface area contributed by atoms with Gasteiger partial charge in [0.15, 0.2) is 11.7 Å². The minimum Gasteiger partial charge on any atom is -0.362 e. The van der Waals surface area contributed by atoms with Crippen molar-refractivity contribution in [3.8, 4) is 0 Å². The van der Waals surface area contributed by atoms with Gasteiger partial charge in [0.2, 0.25) is 0 Å². The number of carbonyl (C=O) groups excluding carboxylic acids is 1. The molecule has 1 aliphatic heterocycles. The van der Waals surface area contributed by atoms with Crippen LogP contribution in [-0.2, 0) is 6.18 Å². The van der Waals surface area contributed by atoms with E-state index in [9.17, 15) is 31.1 Å². The molecular weight excluding hydrogens is 509 g/mol. The molecular formula is C21H14Cl2F6N4O. The molecule has 0 spiro atoms. The fraction of sp³-hybridized carbons (Fsp3) is 0.238. The number of carbonyl (C=O) groups is 1. The van der Waals surface area contributed by atoms with Gasteiger partial charge in [-0.3, -0.25) is 4.79 Å². The Balaban J connectivity index is 1.70. The summed E-state index contributed by atoms with van der Waals surface area (Å²) < 4.78 is 81.1. The van der Waals surface area contributed by atoms with Gasteiger partial charge in [0.05, 0.1) is 22.3 Å². The SMILES string of the molecule is O=C(Nc1cc(C(F)(F)F)ccc1Cl)c1nn2c(c1Cl)NC(c1ccccc1)CC2C(F)(F)F. The average molecular weight is 523 g/mol. The summed E-state index contributed by atoms with van der Waals surface area (Å²) in [6.45, 7) is 0. The van der Waals surface area contributed by atoms with E-state index >= 15 is 0 Å². The van der Waals surface area contributed by atoms with Crippen molar-refractivity contribution < 1.29 is 31.1 Å². The zero-order chi connectivity index (χ0) is 24.8. The van der Waals surface area contributed by atoms with Gasteiger partial charge in [-0.05, 0) is 23.8 Å². The maximum Gasteiger partial charge on any atom is 0.416 e. The van der Waals surface area contributed by atoms with Gasteiger partial charge in [-0.2, -0.15) is 31.4 Å². The van der Waals surface area contributed by atoms with Crippen LogP contribution in [0.3, 0.4) is 0 Å². The molecule has 4 rings (SSSR count). The lowest BCUT2D eigenvalue weighted by molar-refractivity contribution is -0.173. The second kappa shape index (κ2) is 8.70. The number of anilines is 2. The number of aromatic nitrogens is 2. The molecule has 1 aliphatic rings. The maximum absolute atomic E-state index is 13.9. The zero-order valence-corrected chi connectivity index (χ0v) is 18.3. The molecule has 5 nitrogen and oxygen atoms in total. The number of benzene rings is 2. The Labute approximate surface area is 198 Å². The Bertz CT molecular complexity index is 1230. The zero-order valence-electron chi connectivity index (χ0n) is 16.8. The number of hydrogen-bond acceptors (Lipinski definition) is 3. The van der Waals surface area contributed by atoms with Crippen molar-refractivity contribution in [1.82, 2.24) is 9.78 Å². The number of amides is 1. The summed E-state index contributed by atoms with van der Waals surface area (Å²) in [6.07, 6.45) is -9.83. The Kier molecular flexibility index (Phi) is 6.19. The highest BCUT2D eigenvalue weighted by Gasteiger charge is 2.48. The first kappa shape index (κ1) is 24.2. The third-order valence-electron chi connectivity index (χ3n) is 5.25. The topological polar surface area (TPSA) is 59.0 Å². The van der Waals surface area contributed by atoms with Gasteiger partial charge in [0, 0.05) is 6.42 Å². The summed E-state index contributed by atoms with van der Waals surface area (Å²) in [5, 5.41) is 8.15. The molecule has 0 bridgehead atoms. The number of rotatable bonds is 3. The Hall–Kier alpha value is -2.92. The summed E-state index contributed by atoms with van der Waals surface area (Å²) in [5.74, 6) is -1.35. The van der Waals surface area contributed by atoms with E-state index in [4.69, 9.17) is 23.2 Å². The Morgan fingerprint density at radius 2 is 1.74 bits per heavy atom. The van der Waals surface area contributed by atoms with Crippen LogP contribution in [0.5, 0.6) is 0 Å². The van der Waals surface area contributed by atoms with E-state index in [0.29, 0.717) is 16.3 Å². The van der Waals surface area contributed by atoms with Crippen molar-refractivity contribution >= 4 is 40.6 Å². The quantitative estimate of drug-likeness (QED) is 0.360. The number of alkyl halides is 6. The van der Waals surface area contributed by atoms with Crippen molar-refractivity contribution in [3.05, 3.63) is 75.4 Å². The van der Waals surface area contributed by atoms with Crippen LogP contribution < -0.4 is 10.6 Å². The van der Waals surface area contributed by atoms with Crippen LogP contribution in [-0.4, -0.2) is 21.9 Å². The van der Waals surface area contributed by atoms with Crippen LogP contribution in [0.2, 0.25) is 10.0 Å². The molecule has 0 aliphatic carbocycles. The smallest absolute Gasteiger partial charge is 0.362 e. The lowest BCUT2D eigenvalue weighted by Gasteiger charge is -2.33. The lowest BCUT2D eigenvalue weighted by atomic mass is 9.97. The molecule has 0 saturated carbocycles. The number of nitrogens with zero attached hydrogens (tertiary/aromatic N) is 2. The second-order valence-corrected chi connectivity index (χ2v) is 8.29. The molecule has 0 saturated heterocycles. The van der Waals surface area contributed by atoms with E-state index < -0.39 is 58.7 Å². The predicted octanol–water partition coefficient (Wildman–Crippen LogP) is 7.12. The van der Waals surface area contributed by atoms with Crippen LogP contribution in [0.4, 0.5) is 37.8 Å². The third-order valence-corrected chi connectivity index (χ3v) is 5.94. The molecule has 2 unspecified atom stereocenters. The molecule has 13 heteroatoms. The fourth-order valence-electron chi connectivity index (χ4n) is 3.62. The van der Waals surface area contributed by atoms with Crippen LogP contribution >= 0.6 is 23.2 Å². The van der Waals surface area contributed by atoms with E-state index in [1.807, 2.05) is 0 Å². The molecule has 2 N–H and O–H groups in total. The van der Waals surface area contributed by atoms with Gasteiger partial charge in [0.1, 0.15) is 10.8 Å². The van der Waals surface area contributed by atoms with Gasteiger partial charge < -0.3 is 10.6 Å². The van der Waals surface area contributed by atoms with E-state index in [1.165, 1.54) is 0 Å². The third kappa shape index (κ3) is 4.67. The van der Waals surface area contributed by atoms with Gasteiger partial charge in [0.25, 0.3) is 5.91 Å². The number of nitrogens with one attached hydrogen (secondary N) is 2. The van der Waals surface area contributed by atoms with Gasteiger partial charge in [-0.15, -0.1) is 0 Å². The summed E-state index contributed by atoms with van der Waals surface area (Å²) in [6, 6.07) is 7.75. The Morgan fingerprint density at radius 3 is 2.35 bits per heavy atom. The minimum atomic E-state index is -4.71. The fourth-order valence-corrected chi connectivity index (χ4v) is 4.05. The average Bonchev–Trinajstić information content (AvgIpc) is 3.10. The van der Waals surface area contributed by atoms with E-state index in [-0.39, 0.29) is 10.8 Å². The molecule has 0 fully saturated rings. The highest BCUT2D eigenvalue weighted by molar-refractivity contribution is 6.37. The van der Waals surface area contributed by atoms with Crippen molar-refractivity contribution in [3.63, 3.8) is 0 Å². The molecule has 34 heavy (non-hydrogen) atoms. The highest BCUT2D eigenvalue weighted by atomic mass is 35.5. The van der Waals surface area contributed by atoms with Crippen LogP contribution in [0.1, 0.15) is 40.1 Å². The van der Waals surface area contributed by atoms with Crippen molar-refractivity contribution in [2.75, 3.05) is 10.6 Å². The van der Waals surface area contributed by atoms with Crippen molar-refractivity contribution in [2.24, 2.45) is 0 Å². The molecule has 3 aromatic rings. The van der Waals surface area contributed by atoms with Crippen LogP contribution in [0.25, 0.3) is 0 Å². The highest BCUT2D eigenvalue weighted by Crippen LogP contribution is 2.46. The summed E-state index contributed by atoms with van der Waals surface area (Å²) in [7, 11) is 0. The Morgan fingerprint density at radius 1 is 1.06 bits per heavy atom. The summed E-state index contributed by atoms with van der Waals surface area (Å²) >= 11 is 12.1. The first-order valence-corrected chi connectivity index (χ1v) is 10.5. The first-order valence-electron chi connectivity index (χ1n) is 9.70. The van der Waals surface area contributed by atoms with Crippen molar-refractivity contribution in [1.29, 1.82) is 0 Å². The molecule has 1 amide bonds. The second-order valence-electron chi connectivity index (χ2n) is 7.50. The van der Waals surface area contributed by atoms with E-state index in [1.54, 1.807) is 30.3 Å². The number of halogens is 8. The number of fused-ring (bicyclic) bond motifs is 1. The molecule has 1 aromatic heterocycles. The van der Waals surface area contributed by atoms with Crippen LogP contribution in [0, 0.1) is 0 Å².